The molecule has 1 heterocycles. The molecule has 0 saturated carbocycles. The lowest BCUT2D eigenvalue weighted by Crippen LogP contribution is -2.24. The summed E-state index contributed by atoms with van der Waals surface area (Å²) in [7, 11) is 1.45. The van der Waals surface area contributed by atoms with Crippen LogP contribution in [0.25, 0.3) is 16.6 Å². The smallest absolute Gasteiger partial charge is 0.413 e. The van der Waals surface area contributed by atoms with E-state index in [1.807, 2.05) is 48.5 Å². The van der Waals surface area contributed by atoms with Gasteiger partial charge in [-0.3, -0.25) is 4.90 Å². The van der Waals surface area contributed by atoms with Gasteiger partial charge in [-0.1, -0.05) is 43.0 Å². The lowest BCUT2D eigenvalue weighted by atomic mass is 9.99. The molecular formula is C17H15N3O2. The Morgan fingerprint density at radius 1 is 1.18 bits per heavy atom. The largest absolute Gasteiger partial charge is 0.465 e. The van der Waals surface area contributed by atoms with Crippen LogP contribution in [0.4, 0.5) is 10.7 Å². The van der Waals surface area contributed by atoms with Crippen LogP contribution in [0.1, 0.15) is 11.1 Å². The molecule has 0 aliphatic heterocycles. The van der Waals surface area contributed by atoms with Gasteiger partial charge in [0.25, 0.3) is 0 Å². The number of fused-ring (bicyclic) bond motifs is 1. The third kappa shape index (κ3) is 2.44. The molecule has 3 rings (SSSR count). The number of imidazole rings is 1. The molecule has 0 saturated heterocycles. The fourth-order valence-electron chi connectivity index (χ4n) is 2.24. The molecule has 0 bridgehead atoms. The first-order chi connectivity index (χ1) is 10.6. The van der Waals surface area contributed by atoms with Crippen LogP contribution in [0.2, 0.25) is 0 Å². The van der Waals surface area contributed by atoms with Gasteiger partial charge in [-0.05, 0) is 28.8 Å². The second kappa shape index (κ2) is 5.37. The zero-order valence-corrected chi connectivity index (χ0v) is 12.1. The number of carbonyl (C=O) groups is 1. The lowest BCUT2D eigenvalue weighted by molar-refractivity contribution is 0.203. The van der Waals surface area contributed by atoms with Gasteiger partial charge in [0.15, 0.2) is 0 Å². The van der Waals surface area contributed by atoms with Gasteiger partial charge in [-0.2, -0.15) is 0 Å². The van der Waals surface area contributed by atoms with Crippen LogP contribution in [-0.2, 0) is 0 Å². The second-order valence-corrected chi connectivity index (χ2v) is 4.98. The van der Waals surface area contributed by atoms with Gasteiger partial charge in [0, 0.05) is 7.05 Å². The summed E-state index contributed by atoms with van der Waals surface area (Å²) in [6.07, 6.45) is -1.06. The summed E-state index contributed by atoms with van der Waals surface area (Å²) in [6.45, 7) is 4.13. The fourth-order valence-corrected chi connectivity index (χ4v) is 2.24. The fraction of sp³-hybridized carbons (Fsp3) is 0.0588. The number of carboxylic acid groups (broad SMARTS) is 1. The van der Waals surface area contributed by atoms with E-state index in [4.69, 9.17) is 5.11 Å². The number of hydrogen-bond donors (Lipinski definition) is 2. The minimum atomic E-state index is -1.06. The molecule has 0 fully saturated rings. The van der Waals surface area contributed by atoms with E-state index in [0.717, 1.165) is 27.1 Å². The van der Waals surface area contributed by atoms with Gasteiger partial charge in [-0.25, -0.2) is 9.78 Å². The minimum absolute atomic E-state index is 0.296. The predicted octanol–water partition coefficient (Wildman–Crippen LogP) is 3.74. The molecule has 110 valence electrons. The Labute approximate surface area is 127 Å². The van der Waals surface area contributed by atoms with Crippen LogP contribution in [0, 0.1) is 0 Å². The Balaban J connectivity index is 2.00. The predicted molar refractivity (Wildman–Crippen MR) is 87.1 cm³/mol. The van der Waals surface area contributed by atoms with Gasteiger partial charge < -0.3 is 10.1 Å². The molecule has 0 aliphatic rings. The molecule has 1 amide bonds. The number of hydrogen-bond acceptors (Lipinski definition) is 2. The zero-order chi connectivity index (χ0) is 15.7. The van der Waals surface area contributed by atoms with E-state index >= 15 is 0 Å². The Morgan fingerprint density at radius 2 is 1.91 bits per heavy atom. The second-order valence-electron chi connectivity index (χ2n) is 4.98. The standard InChI is InChI=1S/C17H15N3O2/c1-11(12-6-4-3-5-7-12)13-8-9-14-15(10-13)19-16(18-14)20(2)17(21)22/h3-10H,1H2,2H3,(H,18,19)(H,21,22). The van der Waals surface area contributed by atoms with Crippen LogP contribution in [-0.4, -0.2) is 28.2 Å². The number of rotatable bonds is 3. The van der Waals surface area contributed by atoms with Crippen molar-refractivity contribution in [3.63, 3.8) is 0 Å². The summed E-state index contributed by atoms with van der Waals surface area (Å²) in [5.74, 6) is 0.296. The van der Waals surface area contributed by atoms with Crippen molar-refractivity contribution in [3.8, 4) is 0 Å². The quantitative estimate of drug-likeness (QED) is 0.773. The number of anilines is 1. The lowest BCUT2D eigenvalue weighted by Gasteiger charge is -2.07. The van der Waals surface area contributed by atoms with Crippen LogP contribution in [0.3, 0.4) is 0 Å². The average Bonchev–Trinajstić information content (AvgIpc) is 2.97. The van der Waals surface area contributed by atoms with E-state index in [1.165, 1.54) is 7.05 Å². The number of benzene rings is 2. The molecule has 22 heavy (non-hydrogen) atoms. The molecule has 0 atom stereocenters. The number of H-pyrrole nitrogens is 1. The minimum Gasteiger partial charge on any atom is -0.465 e. The van der Waals surface area contributed by atoms with E-state index in [-0.39, 0.29) is 0 Å². The number of amides is 1. The summed E-state index contributed by atoms with van der Waals surface area (Å²) in [5, 5.41) is 9.00. The molecule has 2 N–H and O–H groups in total. The maximum absolute atomic E-state index is 11.0. The highest BCUT2D eigenvalue weighted by molar-refractivity contribution is 5.89. The van der Waals surface area contributed by atoms with E-state index < -0.39 is 6.09 Å². The van der Waals surface area contributed by atoms with Gasteiger partial charge in [0.1, 0.15) is 0 Å². The summed E-state index contributed by atoms with van der Waals surface area (Å²) in [4.78, 5) is 19.3. The third-order valence-electron chi connectivity index (χ3n) is 3.55. The monoisotopic (exact) mass is 293 g/mol. The molecule has 5 heteroatoms. The molecular weight excluding hydrogens is 278 g/mol. The van der Waals surface area contributed by atoms with Crippen molar-refractivity contribution in [1.29, 1.82) is 0 Å². The first-order valence-corrected chi connectivity index (χ1v) is 6.77. The zero-order valence-electron chi connectivity index (χ0n) is 12.1. The van der Waals surface area contributed by atoms with E-state index in [0.29, 0.717) is 11.5 Å². The third-order valence-corrected chi connectivity index (χ3v) is 3.55. The van der Waals surface area contributed by atoms with Crippen molar-refractivity contribution in [2.45, 2.75) is 0 Å². The molecule has 0 spiro atoms. The maximum Gasteiger partial charge on any atom is 0.413 e. The normalized spacial score (nSPS) is 10.6. The Morgan fingerprint density at radius 3 is 2.59 bits per heavy atom. The number of aromatic nitrogens is 2. The van der Waals surface area contributed by atoms with Crippen molar-refractivity contribution in [2.24, 2.45) is 0 Å². The van der Waals surface area contributed by atoms with Crippen LogP contribution in [0.15, 0.2) is 55.1 Å². The Bertz CT molecular complexity index is 853. The highest BCUT2D eigenvalue weighted by Crippen LogP contribution is 2.25. The first kappa shape index (κ1) is 13.9. The molecule has 5 nitrogen and oxygen atoms in total. The SMILES string of the molecule is C=C(c1ccccc1)c1ccc2[nH]c(N(C)C(=O)O)nc2c1. The van der Waals surface area contributed by atoms with Crippen LogP contribution in [0.5, 0.6) is 0 Å². The van der Waals surface area contributed by atoms with Crippen LogP contribution < -0.4 is 4.90 Å². The average molecular weight is 293 g/mol. The summed E-state index contributed by atoms with van der Waals surface area (Å²) >= 11 is 0. The number of nitrogens with one attached hydrogen (secondary N) is 1. The van der Waals surface area contributed by atoms with Crippen LogP contribution >= 0.6 is 0 Å². The molecule has 0 unspecified atom stereocenters. The Hall–Kier alpha value is -3.08. The number of aromatic amines is 1. The van der Waals surface area contributed by atoms with Gasteiger partial charge in [0.2, 0.25) is 5.95 Å². The van der Waals surface area contributed by atoms with Crippen molar-refractivity contribution in [3.05, 3.63) is 66.2 Å². The first-order valence-electron chi connectivity index (χ1n) is 6.77. The van der Waals surface area contributed by atoms with Crippen molar-refractivity contribution < 1.29 is 9.90 Å². The molecule has 1 aromatic heterocycles. The van der Waals surface area contributed by atoms with Crippen molar-refractivity contribution >= 4 is 28.6 Å². The summed E-state index contributed by atoms with van der Waals surface area (Å²) < 4.78 is 0. The molecule has 0 radical (unpaired) electrons. The number of nitrogens with zero attached hydrogens (tertiary/aromatic N) is 2. The summed E-state index contributed by atoms with van der Waals surface area (Å²) in [6, 6.07) is 15.6. The van der Waals surface area contributed by atoms with Gasteiger partial charge in [-0.15, -0.1) is 0 Å². The highest BCUT2D eigenvalue weighted by Gasteiger charge is 2.13. The van der Waals surface area contributed by atoms with Crippen molar-refractivity contribution in [1.82, 2.24) is 9.97 Å². The van der Waals surface area contributed by atoms with Gasteiger partial charge >= 0.3 is 6.09 Å². The molecule has 3 aromatic rings. The molecule has 0 aliphatic carbocycles. The van der Waals surface area contributed by atoms with E-state index in [1.54, 1.807) is 0 Å². The van der Waals surface area contributed by atoms with E-state index in [9.17, 15) is 4.79 Å². The Kier molecular flexibility index (Phi) is 3.39. The summed E-state index contributed by atoms with van der Waals surface area (Å²) in [5.41, 5.74) is 4.39. The maximum atomic E-state index is 11.0. The topological polar surface area (TPSA) is 69.2 Å². The van der Waals surface area contributed by atoms with Gasteiger partial charge in [0.05, 0.1) is 11.0 Å². The molecule has 2 aromatic carbocycles. The van der Waals surface area contributed by atoms with Crippen molar-refractivity contribution in [2.75, 3.05) is 11.9 Å². The highest BCUT2D eigenvalue weighted by atomic mass is 16.4. The van der Waals surface area contributed by atoms with E-state index in [2.05, 4.69) is 16.5 Å².